The Hall–Kier alpha value is -1.46. The zero-order valence-electron chi connectivity index (χ0n) is 12.1. The molecule has 0 bridgehead atoms. The van der Waals surface area contributed by atoms with E-state index in [1.165, 1.54) is 0 Å². The Morgan fingerprint density at radius 1 is 1.40 bits per heavy atom. The van der Waals surface area contributed by atoms with Gasteiger partial charge in [-0.1, -0.05) is 18.5 Å². The van der Waals surface area contributed by atoms with Gasteiger partial charge in [0.25, 0.3) is 5.91 Å². The predicted octanol–water partition coefficient (Wildman–Crippen LogP) is 1.97. The van der Waals surface area contributed by atoms with Crippen LogP contribution in [-0.2, 0) is 11.3 Å². The van der Waals surface area contributed by atoms with Crippen molar-refractivity contribution in [3.05, 3.63) is 22.7 Å². The summed E-state index contributed by atoms with van der Waals surface area (Å²) in [7, 11) is 3.11. The fourth-order valence-electron chi connectivity index (χ4n) is 1.68. The summed E-state index contributed by atoms with van der Waals surface area (Å²) in [6, 6.07) is 3.48. The number of ether oxygens (including phenoxy) is 2. The molecule has 0 saturated carbocycles. The Balaban J connectivity index is 2.92. The average molecular weight is 301 g/mol. The number of benzene rings is 1. The molecule has 112 valence electrons. The van der Waals surface area contributed by atoms with E-state index in [1.54, 1.807) is 20.2 Å². The highest BCUT2D eigenvalue weighted by atomic mass is 35.5. The minimum atomic E-state index is -0.200. The molecule has 1 aromatic rings. The van der Waals surface area contributed by atoms with E-state index in [0.717, 1.165) is 18.5 Å². The van der Waals surface area contributed by atoms with Crippen LogP contribution in [0.25, 0.3) is 0 Å². The molecule has 0 unspecified atom stereocenters. The Morgan fingerprint density at radius 2 is 2.15 bits per heavy atom. The summed E-state index contributed by atoms with van der Waals surface area (Å²) in [5.74, 6) is 0.869. The van der Waals surface area contributed by atoms with E-state index in [1.807, 2.05) is 6.07 Å². The maximum Gasteiger partial charge on any atom is 0.257 e. The Kier molecular flexibility index (Phi) is 7.18. The summed E-state index contributed by atoms with van der Waals surface area (Å²) in [6.07, 6.45) is 1.03. The summed E-state index contributed by atoms with van der Waals surface area (Å²) < 4.78 is 10.8. The van der Waals surface area contributed by atoms with E-state index >= 15 is 0 Å². The first-order valence-electron chi connectivity index (χ1n) is 6.52. The maximum atomic E-state index is 11.3. The molecule has 20 heavy (non-hydrogen) atoms. The van der Waals surface area contributed by atoms with Crippen LogP contribution < -0.4 is 20.1 Å². The Morgan fingerprint density at radius 3 is 2.75 bits per heavy atom. The van der Waals surface area contributed by atoms with Crippen LogP contribution >= 0.6 is 11.6 Å². The van der Waals surface area contributed by atoms with Gasteiger partial charge in [-0.25, -0.2) is 0 Å². The lowest BCUT2D eigenvalue weighted by Gasteiger charge is -2.15. The second kappa shape index (κ2) is 8.66. The third kappa shape index (κ3) is 4.90. The molecule has 1 amide bonds. The van der Waals surface area contributed by atoms with E-state index in [-0.39, 0.29) is 12.5 Å². The van der Waals surface area contributed by atoms with Crippen molar-refractivity contribution < 1.29 is 14.3 Å². The van der Waals surface area contributed by atoms with Gasteiger partial charge in [0, 0.05) is 30.2 Å². The number of carbonyl (C=O) groups is 1. The van der Waals surface area contributed by atoms with Crippen LogP contribution in [0.2, 0.25) is 5.02 Å². The largest absolute Gasteiger partial charge is 0.493 e. The number of hydrogen-bond donors (Lipinski definition) is 2. The summed E-state index contributed by atoms with van der Waals surface area (Å²) in [6.45, 7) is 3.53. The summed E-state index contributed by atoms with van der Waals surface area (Å²) in [5.41, 5.74) is 0.867. The van der Waals surface area contributed by atoms with Crippen molar-refractivity contribution >= 4 is 17.5 Å². The number of amides is 1. The molecule has 6 heteroatoms. The summed E-state index contributed by atoms with van der Waals surface area (Å²) in [5, 5.41) is 6.36. The van der Waals surface area contributed by atoms with Crippen molar-refractivity contribution in [3.8, 4) is 11.5 Å². The molecule has 0 spiro atoms. The summed E-state index contributed by atoms with van der Waals surface area (Å²) >= 11 is 6.06. The van der Waals surface area contributed by atoms with Crippen LogP contribution in [0.1, 0.15) is 18.9 Å². The molecular weight excluding hydrogens is 280 g/mol. The van der Waals surface area contributed by atoms with Gasteiger partial charge in [0.15, 0.2) is 18.1 Å². The molecule has 0 aromatic heterocycles. The van der Waals surface area contributed by atoms with Crippen LogP contribution in [0.15, 0.2) is 12.1 Å². The lowest BCUT2D eigenvalue weighted by molar-refractivity contribution is -0.122. The van der Waals surface area contributed by atoms with Crippen LogP contribution in [0.5, 0.6) is 11.5 Å². The van der Waals surface area contributed by atoms with Crippen LogP contribution in [0.4, 0.5) is 0 Å². The normalized spacial score (nSPS) is 10.2. The van der Waals surface area contributed by atoms with Crippen LogP contribution in [-0.4, -0.2) is 33.2 Å². The van der Waals surface area contributed by atoms with Crippen molar-refractivity contribution in [2.75, 3.05) is 27.3 Å². The van der Waals surface area contributed by atoms with Gasteiger partial charge in [0.2, 0.25) is 0 Å². The first-order chi connectivity index (χ1) is 9.62. The van der Waals surface area contributed by atoms with Crippen molar-refractivity contribution in [1.82, 2.24) is 10.6 Å². The zero-order chi connectivity index (χ0) is 15.0. The molecule has 0 atom stereocenters. The Labute approximate surface area is 124 Å². The number of hydrogen-bond acceptors (Lipinski definition) is 4. The average Bonchev–Trinajstić information content (AvgIpc) is 2.45. The van der Waals surface area contributed by atoms with E-state index in [4.69, 9.17) is 21.1 Å². The molecule has 2 N–H and O–H groups in total. The predicted molar refractivity (Wildman–Crippen MR) is 79.6 cm³/mol. The molecule has 0 aliphatic heterocycles. The lowest BCUT2D eigenvalue weighted by Crippen LogP contribution is -2.25. The third-order valence-corrected chi connectivity index (χ3v) is 2.90. The maximum absolute atomic E-state index is 11.3. The lowest BCUT2D eigenvalue weighted by atomic mass is 10.1. The third-order valence-electron chi connectivity index (χ3n) is 2.69. The van der Waals surface area contributed by atoms with Gasteiger partial charge in [0.1, 0.15) is 0 Å². The second-order valence-electron chi connectivity index (χ2n) is 4.23. The molecule has 0 aliphatic carbocycles. The number of halogens is 1. The summed E-state index contributed by atoms with van der Waals surface area (Å²) in [4.78, 5) is 11.3. The van der Waals surface area contributed by atoms with Gasteiger partial charge in [0.05, 0.1) is 7.11 Å². The highest BCUT2D eigenvalue weighted by Gasteiger charge is 2.14. The van der Waals surface area contributed by atoms with E-state index in [9.17, 15) is 4.79 Å². The molecule has 0 radical (unpaired) electrons. The van der Waals surface area contributed by atoms with Gasteiger partial charge < -0.3 is 20.1 Å². The fourth-order valence-corrected chi connectivity index (χ4v) is 1.91. The fraction of sp³-hybridized carbons (Fsp3) is 0.500. The monoisotopic (exact) mass is 300 g/mol. The zero-order valence-corrected chi connectivity index (χ0v) is 12.8. The smallest absolute Gasteiger partial charge is 0.257 e. The van der Waals surface area contributed by atoms with Gasteiger partial charge in [-0.3, -0.25) is 4.79 Å². The minimum Gasteiger partial charge on any atom is -0.493 e. The highest BCUT2D eigenvalue weighted by molar-refractivity contribution is 6.30. The van der Waals surface area contributed by atoms with Crippen molar-refractivity contribution in [1.29, 1.82) is 0 Å². The van der Waals surface area contributed by atoms with Crippen LogP contribution in [0, 0.1) is 0 Å². The molecule has 0 fully saturated rings. The second-order valence-corrected chi connectivity index (χ2v) is 4.67. The first-order valence-corrected chi connectivity index (χ1v) is 6.90. The van der Waals surface area contributed by atoms with Gasteiger partial charge >= 0.3 is 0 Å². The quantitative estimate of drug-likeness (QED) is 0.721. The molecule has 1 rings (SSSR count). The molecular formula is C14H21ClN2O3. The topological polar surface area (TPSA) is 59.6 Å². The van der Waals surface area contributed by atoms with E-state index in [2.05, 4.69) is 17.6 Å². The Bertz CT molecular complexity index is 452. The number of likely N-dealkylation sites (N-methyl/N-ethyl adjacent to an activating group) is 1. The molecule has 0 saturated heterocycles. The number of carbonyl (C=O) groups excluding carboxylic acids is 1. The number of methoxy groups -OCH3 is 1. The minimum absolute atomic E-state index is 0.0602. The van der Waals surface area contributed by atoms with Crippen LogP contribution in [0.3, 0.4) is 0 Å². The standard InChI is InChI=1S/C14H21ClN2O3/c1-4-5-17-8-10-6-11(15)7-12(19-3)14(10)20-9-13(18)16-2/h6-7,17H,4-5,8-9H2,1-3H3,(H,16,18). The van der Waals surface area contributed by atoms with Crippen molar-refractivity contribution in [2.45, 2.75) is 19.9 Å². The van der Waals surface area contributed by atoms with E-state index in [0.29, 0.717) is 23.1 Å². The molecule has 0 heterocycles. The number of rotatable bonds is 8. The van der Waals surface area contributed by atoms with E-state index < -0.39 is 0 Å². The van der Waals surface area contributed by atoms with Gasteiger partial charge in [-0.15, -0.1) is 0 Å². The SMILES string of the molecule is CCCNCc1cc(Cl)cc(OC)c1OCC(=O)NC. The van der Waals surface area contributed by atoms with Crippen molar-refractivity contribution in [2.24, 2.45) is 0 Å². The molecule has 1 aromatic carbocycles. The molecule has 5 nitrogen and oxygen atoms in total. The van der Waals surface area contributed by atoms with Crippen molar-refractivity contribution in [3.63, 3.8) is 0 Å². The first kappa shape index (κ1) is 16.6. The van der Waals surface area contributed by atoms with Gasteiger partial charge in [-0.2, -0.15) is 0 Å². The van der Waals surface area contributed by atoms with Gasteiger partial charge in [-0.05, 0) is 19.0 Å². The highest BCUT2D eigenvalue weighted by Crippen LogP contribution is 2.34. The number of nitrogens with one attached hydrogen (secondary N) is 2. The molecule has 0 aliphatic rings.